The van der Waals surface area contributed by atoms with Crippen molar-refractivity contribution in [1.82, 2.24) is 0 Å². The van der Waals surface area contributed by atoms with Gasteiger partial charge in [-0.1, -0.05) is 182 Å². The summed E-state index contributed by atoms with van der Waals surface area (Å²) < 4.78 is 93.3. The first-order chi connectivity index (χ1) is 48.5. The van der Waals surface area contributed by atoms with Crippen LogP contribution in [0.1, 0.15) is 96.2 Å². The summed E-state index contributed by atoms with van der Waals surface area (Å²) in [4.78, 5) is 87.1. The first-order valence-electron chi connectivity index (χ1n) is 32.9. The quantitative estimate of drug-likeness (QED) is 0.0391. The monoisotopic (exact) mass is 1360 g/mol. The highest BCUT2D eigenvalue weighted by Gasteiger charge is 2.59. The lowest BCUT2D eigenvalue weighted by Gasteiger charge is -2.50. The number of esters is 6. The van der Waals surface area contributed by atoms with Gasteiger partial charge in [-0.05, 0) is 105 Å². The highest BCUT2D eigenvalue weighted by atomic mass is 16.8. The molecule has 0 bridgehead atoms. The Bertz CT molecular complexity index is 3910. The molecule has 3 saturated heterocycles. The predicted molar refractivity (Wildman–Crippen MR) is 358 cm³/mol. The van der Waals surface area contributed by atoms with Crippen LogP contribution >= 0.6 is 0 Å². The van der Waals surface area contributed by atoms with E-state index in [1.807, 2.05) is 91.0 Å². The minimum atomic E-state index is -2.13. The van der Waals surface area contributed by atoms with E-state index in [2.05, 4.69) is 0 Å². The molecule has 0 aromatic heterocycles. The fraction of sp³-hybridized carbons (Fsp3) is 0.316. The maximum atomic E-state index is 14.9. The average Bonchev–Trinajstić information content (AvgIpc) is 0.760. The van der Waals surface area contributed by atoms with Gasteiger partial charge in [0, 0.05) is 0 Å². The smallest absolute Gasteiger partial charge is 0.338 e. The van der Waals surface area contributed by atoms with Crippen LogP contribution in [0.3, 0.4) is 0 Å². The Morgan fingerprint density at radius 3 is 1.10 bits per heavy atom. The molecule has 3 heterocycles. The van der Waals surface area contributed by atoms with Gasteiger partial charge in [-0.3, -0.25) is 4.79 Å². The van der Waals surface area contributed by atoms with Crippen molar-refractivity contribution in [2.45, 2.75) is 140 Å². The van der Waals surface area contributed by atoms with Crippen LogP contribution in [0.5, 0.6) is 0 Å². The van der Waals surface area contributed by atoms with Gasteiger partial charge in [0.1, 0.15) is 55.9 Å². The number of hydrogen-bond donors (Lipinski definition) is 1. The van der Waals surface area contributed by atoms with E-state index < -0.39 is 147 Å². The lowest BCUT2D eigenvalue weighted by molar-refractivity contribution is -0.386. The Labute approximate surface area is 578 Å². The topological polar surface area (TPSA) is 252 Å². The summed E-state index contributed by atoms with van der Waals surface area (Å²) in [5.41, 5.74) is 1.49. The minimum Gasteiger partial charge on any atom is -0.462 e. The fourth-order valence-electron chi connectivity index (χ4n) is 11.5. The van der Waals surface area contributed by atoms with Gasteiger partial charge in [0.05, 0.1) is 59.2 Å². The second-order valence-corrected chi connectivity index (χ2v) is 25.1. The molecular formula is C79H78O21. The summed E-state index contributed by atoms with van der Waals surface area (Å²) in [5, 5.41) is 12.6. The number of rotatable bonds is 26. The van der Waals surface area contributed by atoms with Crippen LogP contribution in [-0.4, -0.2) is 146 Å². The molecule has 0 aliphatic carbocycles. The SMILES string of the molecule is C[C@@H]1O[C@@H](O[C@@H]2[C@@H](OC(=O)c3ccccc3)[C@H](O)O[C@H](COC(=O)C(C)(C)C)[C@H]2O[C@@H]2O[C@H](COC(=O)c3ccccc3)[C@H](OC(=O)c3ccccc3)[C@H](OC(=O)c3ccccc3)[C@H]2OC(=O)c2ccccc2)[C@@H](OCc2ccccc2)[C@H](OCc2ccccc2)[C@@H]1OCc1ccccc1. The van der Waals surface area contributed by atoms with E-state index in [1.54, 1.807) is 119 Å². The third kappa shape index (κ3) is 18.7. The molecule has 0 unspecified atom stereocenters. The van der Waals surface area contributed by atoms with Gasteiger partial charge in [0.15, 0.2) is 43.3 Å². The standard InChI is InChI=1S/C79H78O21/c1-50-61(87-45-51-29-13-5-14-30-51)64(88-46-52-31-15-6-16-32-52)68(89-47-53-33-17-7-18-34-53)76(92-50)100-65-63(59(49-91-78(86)79(2,3)4)93-75(85)67(65)97-73(83)57-41-25-11-26-42-57)99-77-69(98-74(84)58-43-27-12-28-44-58)66(96-72(82)56-39-23-10-24-40-56)62(95-71(81)55-37-21-9-22-38-55)60(94-77)48-90-70(80)54-35-19-8-20-36-54/h5-44,50,59-69,75-77,85H,45-49H2,1-4H3/t50-,59+,60+,61+,62-,63+,64+,65-,66-,67+,68-,69+,75+,76-,77-/m0/s1. The van der Waals surface area contributed by atoms with Gasteiger partial charge < -0.3 is 71.4 Å². The molecule has 8 aromatic rings. The lowest BCUT2D eigenvalue weighted by atomic mass is 9.94. The van der Waals surface area contributed by atoms with E-state index in [1.165, 1.54) is 60.7 Å². The van der Waals surface area contributed by atoms with Crippen molar-refractivity contribution in [3.05, 3.63) is 287 Å². The second-order valence-electron chi connectivity index (χ2n) is 25.1. The second kappa shape index (κ2) is 34.3. The summed E-state index contributed by atoms with van der Waals surface area (Å²) >= 11 is 0. The van der Waals surface area contributed by atoms with Crippen LogP contribution in [-0.2, 0) is 90.9 Å². The van der Waals surface area contributed by atoms with Crippen LogP contribution in [0.4, 0.5) is 0 Å². The predicted octanol–water partition coefficient (Wildman–Crippen LogP) is 11.0. The molecule has 520 valence electrons. The number of hydrogen-bond acceptors (Lipinski definition) is 21. The van der Waals surface area contributed by atoms with Crippen LogP contribution in [0.15, 0.2) is 243 Å². The average molecular weight is 1360 g/mol. The van der Waals surface area contributed by atoms with E-state index in [0.717, 1.165) is 16.7 Å². The highest BCUT2D eigenvalue weighted by Crippen LogP contribution is 2.40. The van der Waals surface area contributed by atoms with Gasteiger partial charge in [0.25, 0.3) is 0 Å². The number of aliphatic hydroxyl groups is 1. The molecule has 8 aromatic carbocycles. The number of carbonyl (C=O) groups is 6. The largest absolute Gasteiger partial charge is 0.462 e. The highest BCUT2D eigenvalue weighted by molar-refractivity contribution is 5.92. The van der Waals surface area contributed by atoms with Gasteiger partial charge in [0.2, 0.25) is 0 Å². The van der Waals surface area contributed by atoms with Crippen molar-refractivity contribution >= 4 is 35.8 Å². The van der Waals surface area contributed by atoms with Crippen molar-refractivity contribution in [3.63, 3.8) is 0 Å². The molecule has 15 atom stereocenters. The maximum absolute atomic E-state index is 14.9. The third-order valence-corrected chi connectivity index (χ3v) is 16.8. The van der Waals surface area contributed by atoms with Crippen LogP contribution in [0.2, 0.25) is 0 Å². The summed E-state index contributed by atoms with van der Waals surface area (Å²) in [6, 6.07) is 67.5. The summed E-state index contributed by atoms with van der Waals surface area (Å²) in [6.07, 6.45) is -24.7. The Morgan fingerprint density at radius 2 is 0.670 bits per heavy atom. The van der Waals surface area contributed by atoms with Gasteiger partial charge in [-0.25, -0.2) is 24.0 Å². The van der Waals surface area contributed by atoms with E-state index in [4.69, 9.17) is 66.3 Å². The Morgan fingerprint density at radius 1 is 0.340 bits per heavy atom. The van der Waals surface area contributed by atoms with Gasteiger partial charge in [-0.15, -0.1) is 0 Å². The summed E-state index contributed by atoms with van der Waals surface area (Å²) in [7, 11) is 0. The first kappa shape index (κ1) is 71.5. The zero-order chi connectivity index (χ0) is 70.0. The first-order valence-corrected chi connectivity index (χ1v) is 32.9. The van der Waals surface area contributed by atoms with Gasteiger partial charge >= 0.3 is 35.8 Å². The summed E-state index contributed by atoms with van der Waals surface area (Å²) in [6.45, 7) is 5.28. The molecule has 21 nitrogen and oxygen atoms in total. The Kier molecular flexibility index (Phi) is 24.5. The van der Waals surface area contributed by atoms with E-state index in [9.17, 15) is 33.9 Å². The zero-order valence-electron chi connectivity index (χ0n) is 55.4. The van der Waals surface area contributed by atoms with Crippen LogP contribution in [0.25, 0.3) is 0 Å². The molecule has 0 spiro atoms. The molecule has 1 N–H and O–H groups in total. The number of benzene rings is 8. The summed E-state index contributed by atoms with van der Waals surface area (Å²) in [5.74, 6) is -5.52. The molecule has 21 heteroatoms. The molecule has 11 rings (SSSR count). The zero-order valence-corrected chi connectivity index (χ0v) is 55.4. The van der Waals surface area contributed by atoms with Crippen molar-refractivity contribution in [2.75, 3.05) is 13.2 Å². The Balaban J connectivity index is 1.07. The van der Waals surface area contributed by atoms with E-state index >= 15 is 0 Å². The number of ether oxygens (including phenoxy) is 14. The van der Waals surface area contributed by atoms with Gasteiger partial charge in [-0.2, -0.15) is 0 Å². The molecule has 3 aliphatic rings. The minimum absolute atomic E-state index is 0.00322. The van der Waals surface area contributed by atoms with Crippen molar-refractivity contribution in [3.8, 4) is 0 Å². The lowest BCUT2D eigenvalue weighted by Crippen LogP contribution is -2.68. The number of carbonyl (C=O) groups excluding carboxylic acids is 6. The third-order valence-electron chi connectivity index (χ3n) is 16.8. The maximum Gasteiger partial charge on any atom is 0.338 e. The fourth-order valence-corrected chi connectivity index (χ4v) is 11.5. The normalized spacial score (nSPS) is 25.1. The van der Waals surface area contributed by atoms with Crippen LogP contribution in [0, 0.1) is 5.41 Å². The molecule has 0 saturated carbocycles. The molecule has 3 fully saturated rings. The molecule has 3 aliphatic heterocycles. The number of aliphatic hydroxyl groups excluding tert-OH is 1. The molecule has 100 heavy (non-hydrogen) atoms. The molecular weight excluding hydrogens is 1280 g/mol. The van der Waals surface area contributed by atoms with E-state index in [-0.39, 0.29) is 47.6 Å². The van der Waals surface area contributed by atoms with Crippen molar-refractivity contribution in [1.29, 1.82) is 0 Å². The van der Waals surface area contributed by atoms with Crippen molar-refractivity contribution in [2.24, 2.45) is 5.41 Å². The molecule has 0 amide bonds. The van der Waals surface area contributed by atoms with Crippen LogP contribution < -0.4 is 0 Å². The van der Waals surface area contributed by atoms with E-state index in [0.29, 0.717) is 0 Å². The van der Waals surface area contributed by atoms with Crippen molar-refractivity contribution < 1.29 is 100 Å². The molecule has 0 radical (unpaired) electrons. The Hall–Kier alpha value is -9.78.